The predicted molar refractivity (Wildman–Crippen MR) is 137 cm³/mol. The van der Waals surface area contributed by atoms with E-state index >= 15 is 0 Å². The van der Waals surface area contributed by atoms with Gasteiger partial charge in [-0.25, -0.2) is 4.98 Å². The number of carbonyl (C=O) groups excluding carboxylic acids is 1. The molecule has 178 valence electrons. The van der Waals surface area contributed by atoms with Crippen molar-refractivity contribution in [2.24, 2.45) is 0 Å². The van der Waals surface area contributed by atoms with Gasteiger partial charge >= 0.3 is 0 Å². The van der Waals surface area contributed by atoms with Gasteiger partial charge in [-0.05, 0) is 63.4 Å². The Balaban J connectivity index is 1.61. The molecule has 2 aromatic heterocycles. The first kappa shape index (κ1) is 24.0. The third-order valence-electron chi connectivity index (χ3n) is 5.64. The molecular weight excluding hydrogens is 450 g/mol. The molecule has 0 aliphatic carbocycles. The fourth-order valence-electron chi connectivity index (χ4n) is 3.71. The molecule has 1 amide bonds. The molecule has 2 aromatic carbocycles. The molecule has 0 spiro atoms. The van der Waals surface area contributed by atoms with Gasteiger partial charge < -0.3 is 14.5 Å². The van der Waals surface area contributed by atoms with Gasteiger partial charge in [0.1, 0.15) is 11.1 Å². The number of carbonyl (C=O) groups is 1. The van der Waals surface area contributed by atoms with E-state index in [1.807, 2.05) is 70.2 Å². The first-order valence-corrected chi connectivity index (χ1v) is 12.4. The third kappa shape index (κ3) is 5.18. The zero-order chi connectivity index (χ0) is 24.2. The van der Waals surface area contributed by atoms with E-state index in [0.29, 0.717) is 35.8 Å². The van der Waals surface area contributed by atoms with Crippen LogP contribution in [0, 0.1) is 13.8 Å². The number of anilines is 1. The van der Waals surface area contributed by atoms with Crippen molar-refractivity contribution in [1.82, 2.24) is 9.55 Å². The van der Waals surface area contributed by atoms with E-state index in [-0.39, 0.29) is 28.9 Å². The number of nitrogens with zero attached hydrogens (tertiary/aromatic N) is 2. The Labute approximate surface area is 202 Å². The average molecular weight is 480 g/mol. The minimum atomic E-state index is -0.247. The van der Waals surface area contributed by atoms with Gasteiger partial charge in [-0.1, -0.05) is 36.0 Å². The van der Waals surface area contributed by atoms with Crippen LogP contribution in [0.15, 0.2) is 56.8 Å². The van der Waals surface area contributed by atoms with Crippen molar-refractivity contribution < 1.29 is 13.9 Å². The molecular formula is C26H29N3O4S. The number of nitrogens with one attached hydrogen (secondary N) is 1. The molecule has 0 aliphatic rings. The maximum absolute atomic E-state index is 13.3. The number of aryl methyl sites for hydroxylation is 1. The normalized spacial score (nSPS) is 11.6. The summed E-state index contributed by atoms with van der Waals surface area (Å²) >= 11 is 1.25. The highest BCUT2D eigenvalue weighted by Gasteiger charge is 2.19. The van der Waals surface area contributed by atoms with E-state index in [4.69, 9.17) is 14.1 Å². The fourth-order valence-corrected chi connectivity index (χ4v) is 4.52. The lowest BCUT2D eigenvalue weighted by Gasteiger charge is -2.13. The summed E-state index contributed by atoms with van der Waals surface area (Å²) in [6.07, 6.45) is 0.767. The molecule has 4 rings (SSSR count). The van der Waals surface area contributed by atoms with Gasteiger partial charge in [0.15, 0.2) is 5.16 Å². The maximum Gasteiger partial charge on any atom is 0.297 e. The van der Waals surface area contributed by atoms with E-state index < -0.39 is 0 Å². The van der Waals surface area contributed by atoms with Crippen LogP contribution in [0.3, 0.4) is 0 Å². The summed E-state index contributed by atoms with van der Waals surface area (Å²) in [7, 11) is 0. The molecule has 0 atom stereocenters. The highest BCUT2D eigenvalue weighted by molar-refractivity contribution is 7.99. The molecule has 0 bridgehead atoms. The van der Waals surface area contributed by atoms with Gasteiger partial charge in [0, 0.05) is 24.2 Å². The van der Waals surface area contributed by atoms with Crippen molar-refractivity contribution in [3.8, 4) is 0 Å². The SMILES string of the molecule is Cc1cccc(NC(=O)CSc2nc3c(oc4ccccc43)c(=O)n2CCCOC(C)C)c1C. The molecule has 0 fully saturated rings. The van der Waals surface area contributed by atoms with Crippen molar-refractivity contribution in [3.63, 3.8) is 0 Å². The van der Waals surface area contributed by atoms with Crippen LogP contribution in [0.5, 0.6) is 0 Å². The molecule has 0 aliphatic heterocycles. The lowest BCUT2D eigenvalue weighted by atomic mass is 10.1. The number of thioether (sulfide) groups is 1. The Morgan fingerprint density at radius 2 is 1.97 bits per heavy atom. The van der Waals surface area contributed by atoms with Crippen molar-refractivity contribution in [2.75, 3.05) is 17.7 Å². The minimum absolute atomic E-state index is 0.121. The standard InChI is InChI=1S/C26H29N3O4S/c1-16(2)32-14-8-13-29-25(31)24-23(19-10-5-6-12-21(19)33-24)28-26(29)34-15-22(30)27-20-11-7-9-17(3)18(20)4/h5-7,9-12,16H,8,13-15H2,1-4H3,(H,27,30). The number of benzene rings is 2. The van der Waals surface area contributed by atoms with Crippen LogP contribution in [0.4, 0.5) is 5.69 Å². The summed E-state index contributed by atoms with van der Waals surface area (Å²) in [6.45, 7) is 8.89. The summed E-state index contributed by atoms with van der Waals surface area (Å²) in [6, 6.07) is 13.3. The number of furan rings is 1. The number of aromatic nitrogens is 2. The number of rotatable bonds is 9. The molecule has 2 heterocycles. The average Bonchev–Trinajstić information content (AvgIpc) is 3.18. The second kappa shape index (κ2) is 10.4. The second-order valence-corrected chi connectivity index (χ2v) is 9.43. The largest absolute Gasteiger partial charge is 0.448 e. The maximum atomic E-state index is 13.3. The van der Waals surface area contributed by atoms with Crippen LogP contribution in [0.1, 0.15) is 31.4 Å². The van der Waals surface area contributed by atoms with E-state index in [1.165, 1.54) is 11.8 Å². The summed E-state index contributed by atoms with van der Waals surface area (Å²) < 4.78 is 13.1. The van der Waals surface area contributed by atoms with Crippen LogP contribution in [0.25, 0.3) is 22.1 Å². The number of hydrogen-bond acceptors (Lipinski definition) is 6. The zero-order valence-electron chi connectivity index (χ0n) is 19.9. The van der Waals surface area contributed by atoms with Crippen LogP contribution in [-0.2, 0) is 16.1 Å². The van der Waals surface area contributed by atoms with E-state index in [9.17, 15) is 9.59 Å². The first-order chi connectivity index (χ1) is 16.3. The first-order valence-electron chi connectivity index (χ1n) is 11.4. The van der Waals surface area contributed by atoms with Crippen LogP contribution in [0.2, 0.25) is 0 Å². The molecule has 0 saturated heterocycles. The Morgan fingerprint density at radius 1 is 1.18 bits per heavy atom. The van der Waals surface area contributed by atoms with Gasteiger partial charge in [-0.3, -0.25) is 14.2 Å². The van der Waals surface area contributed by atoms with E-state index in [0.717, 1.165) is 22.2 Å². The molecule has 0 radical (unpaired) electrons. The van der Waals surface area contributed by atoms with Gasteiger partial charge in [0.2, 0.25) is 11.5 Å². The highest BCUT2D eigenvalue weighted by atomic mass is 32.2. The Kier molecular flexibility index (Phi) is 7.38. The van der Waals surface area contributed by atoms with Crippen molar-refractivity contribution >= 4 is 45.4 Å². The minimum Gasteiger partial charge on any atom is -0.448 e. The van der Waals surface area contributed by atoms with E-state index in [2.05, 4.69) is 5.32 Å². The Hall–Kier alpha value is -3.10. The summed E-state index contributed by atoms with van der Waals surface area (Å²) in [5, 5.41) is 4.24. The predicted octanol–water partition coefficient (Wildman–Crippen LogP) is 5.31. The lowest BCUT2D eigenvalue weighted by Crippen LogP contribution is -2.25. The molecule has 8 heteroatoms. The number of fused-ring (bicyclic) bond motifs is 3. The van der Waals surface area contributed by atoms with Crippen LogP contribution >= 0.6 is 11.8 Å². The van der Waals surface area contributed by atoms with Crippen molar-refractivity contribution in [3.05, 3.63) is 63.9 Å². The molecule has 7 nitrogen and oxygen atoms in total. The Morgan fingerprint density at radius 3 is 2.76 bits per heavy atom. The molecule has 4 aromatic rings. The highest BCUT2D eigenvalue weighted by Crippen LogP contribution is 2.27. The second-order valence-electron chi connectivity index (χ2n) is 8.48. The summed E-state index contributed by atoms with van der Waals surface area (Å²) in [4.78, 5) is 30.8. The number of para-hydroxylation sites is 1. The monoisotopic (exact) mass is 479 g/mol. The van der Waals surface area contributed by atoms with Gasteiger partial charge in [-0.15, -0.1) is 0 Å². The molecule has 0 saturated carbocycles. The number of ether oxygens (including phenoxy) is 1. The zero-order valence-corrected chi connectivity index (χ0v) is 20.7. The number of hydrogen-bond donors (Lipinski definition) is 1. The van der Waals surface area contributed by atoms with Gasteiger partial charge in [0.05, 0.1) is 11.9 Å². The van der Waals surface area contributed by atoms with Crippen molar-refractivity contribution in [1.29, 1.82) is 0 Å². The third-order valence-corrected chi connectivity index (χ3v) is 6.61. The smallest absolute Gasteiger partial charge is 0.297 e. The summed E-state index contributed by atoms with van der Waals surface area (Å²) in [5.41, 5.74) is 4.06. The van der Waals surface area contributed by atoms with Gasteiger partial charge in [0.25, 0.3) is 5.56 Å². The van der Waals surface area contributed by atoms with Crippen molar-refractivity contribution in [2.45, 2.75) is 51.9 Å². The number of amides is 1. The van der Waals surface area contributed by atoms with E-state index in [1.54, 1.807) is 4.57 Å². The van der Waals surface area contributed by atoms with Crippen LogP contribution < -0.4 is 10.9 Å². The quantitative estimate of drug-likeness (QED) is 0.199. The lowest BCUT2D eigenvalue weighted by molar-refractivity contribution is -0.113. The topological polar surface area (TPSA) is 86.4 Å². The van der Waals surface area contributed by atoms with Gasteiger partial charge in [-0.2, -0.15) is 0 Å². The van der Waals surface area contributed by atoms with Crippen LogP contribution in [-0.4, -0.2) is 33.9 Å². The Bertz CT molecular complexity index is 1390. The summed E-state index contributed by atoms with van der Waals surface area (Å²) in [5.74, 6) is -0.0244. The fraction of sp³-hybridized carbons (Fsp3) is 0.346. The molecule has 34 heavy (non-hydrogen) atoms. The molecule has 0 unspecified atom stereocenters. The molecule has 1 N–H and O–H groups in total.